The molecule has 5 nitrogen and oxygen atoms in total. The van der Waals surface area contributed by atoms with Gasteiger partial charge in [-0.15, -0.1) is 0 Å². The summed E-state index contributed by atoms with van der Waals surface area (Å²) in [5.74, 6) is 1.29. The first-order valence-corrected chi connectivity index (χ1v) is 9.87. The maximum absolute atomic E-state index is 13.5. The Bertz CT molecular complexity index is 1000. The molecule has 1 atom stereocenters. The summed E-state index contributed by atoms with van der Waals surface area (Å²) in [7, 11) is 1.62. The molecule has 2 aromatic carbocycles. The normalized spacial score (nSPS) is 16.6. The van der Waals surface area contributed by atoms with Crippen LogP contribution in [0.15, 0.2) is 54.7 Å². The molecular formula is C23H24FN3O2. The van der Waals surface area contributed by atoms with Crippen molar-refractivity contribution in [1.82, 2.24) is 14.9 Å². The molecular weight excluding hydrogens is 369 g/mol. The quantitative estimate of drug-likeness (QED) is 0.693. The highest BCUT2D eigenvalue weighted by molar-refractivity contribution is 5.79. The fourth-order valence-corrected chi connectivity index (χ4v) is 3.88. The number of methoxy groups -OCH3 is 1. The number of hydrogen-bond donors (Lipinski definition) is 1. The standard InChI is InChI=1S/C23H24FN3O2/c1-29-19-9-4-6-16(12-19)13-22(28)27-11-3-2-10-21(27)23-25-15-20(26-23)17-7-5-8-18(24)14-17/h4-9,12,14-15,21H,2-3,10-11,13H2,1H3,(H,25,26)/t21-/m0/s1. The van der Waals surface area contributed by atoms with E-state index in [1.54, 1.807) is 19.4 Å². The summed E-state index contributed by atoms with van der Waals surface area (Å²) < 4.78 is 18.8. The second-order valence-electron chi connectivity index (χ2n) is 7.32. The fourth-order valence-electron chi connectivity index (χ4n) is 3.88. The molecule has 0 bridgehead atoms. The first-order valence-electron chi connectivity index (χ1n) is 9.87. The molecule has 0 saturated carbocycles. The number of nitrogens with zero attached hydrogens (tertiary/aromatic N) is 2. The zero-order chi connectivity index (χ0) is 20.2. The van der Waals surface area contributed by atoms with Crippen LogP contribution in [0.1, 0.15) is 36.7 Å². The van der Waals surface area contributed by atoms with E-state index in [4.69, 9.17) is 4.74 Å². The number of carbonyl (C=O) groups excluding carboxylic acids is 1. The highest BCUT2D eigenvalue weighted by Crippen LogP contribution is 2.31. The SMILES string of the molecule is COc1cccc(CC(=O)N2CCCC[C@H]2c2ncc(-c3cccc(F)c3)[nH]2)c1. The number of ether oxygens (including phenoxy) is 1. The van der Waals surface area contributed by atoms with E-state index in [1.165, 1.54) is 12.1 Å². The van der Waals surface area contributed by atoms with Crippen molar-refractivity contribution in [2.24, 2.45) is 0 Å². The molecule has 3 aromatic rings. The molecule has 2 heterocycles. The molecule has 1 saturated heterocycles. The zero-order valence-electron chi connectivity index (χ0n) is 16.4. The van der Waals surface area contributed by atoms with Gasteiger partial charge in [-0.1, -0.05) is 24.3 Å². The smallest absolute Gasteiger partial charge is 0.227 e. The van der Waals surface area contributed by atoms with Crippen molar-refractivity contribution in [2.75, 3.05) is 13.7 Å². The van der Waals surface area contributed by atoms with Gasteiger partial charge in [0.1, 0.15) is 17.4 Å². The van der Waals surface area contributed by atoms with Crippen LogP contribution in [0.3, 0.4) is 0 Å². The molecule has 1 aliphatic heterocycles. The Morgan fingerprint density at radius 1 is 1.24 bits per heavy atom. The van der Waals surface area contributed by atoms with E-state index in [0.29, 0.717) is 13.0 Å². The van der Waals surface area contributed by atoms with Crippen LogP contribution in [-0.4, -0.2) is 34.4 Å². The molecule has 1 fully saturated rings. The lowest BCUT2D eigenvalue weighted by Gasteiger charge is -2.34. The van der Waals surface area contributed by atoms with Crippen LogP contribution < -0.4 is 4.74 Å². The number of amides is 1. The van der Waals surface area contributed by atoms with Crippen molar-refractivity contribution in [2.45, 2.75) is 31.7 Å². The van der Waals surface area contributed by atoms with Crippen molar-refractivity contribution in [3.8, 4) is 17.0 Å². The minimum absolute atomic E-state index is 0.0756. The number of rotatable bonds is 5. The third-order valence-electron chi connectivity index (χ3n) is 5.36. The summed E-state index contributed by atoms with van der Waals surface area (Å²) in [6.07, 6.45) is 4.93. The van der Waals surface area contributed by atoms with E-state index in [0.717, 1.165) is 47.7 Å². The van der Waals surface area contributed by atoms with Gasteiger partial charge in [0.15, 0.2) is 0 Å². The maximum atomic E-state index is 13.5. The van der Waals surface area contributed by atoms with Crippen LogP contribution in [0, 0.1) is 5.82 Å². The summed E-state index contributed by atoms with van der Waals surface area (Å²) in [6, 6.07) is 13.9. The molecule has 0 spiro atoms. The van der Waals surface area contributed by atoms with Crippen LogP contribution in [-0.2, 0) is 11.2 Å². The summed E-state index contributed by atoms with van der Waals surface area (Å²) in [6.45, 7) is 0.712. The molecule has 4 rings (SSSR count). The number of aromatic nitrogens is 2. The first-order chi connectivity index (χ1) is 14.1. The van der Waals surface area contributed by atoms with Gasteiger partial charge < -0.3 is 14.6 Å². The lowest BCUT2D eigenvalue weighted by molar-refractivity contribution is -0.134. The molecule has 6 heteroatoms. The van der Waals surface area contributed by atoms with E-state index in [2.05, 4.69) is 9.97 Å². The first kappa shape index (κ1) is 19.2. The zero-order valence-corrected chi connectivity index (χ0v) is 16.4. The average Bonchev–Trinajstić information content (AvgIpc) is 3.24. The molecule has 1 N–H and O–H groups in total. The van der Waals surface area contributed by atoms with E-state index in [9.17, 15) is 9.18 Å². The van der Waals surface area contributed by atoms with Gasteiger partial charge in [0, 0.05) is 12.1 Å². The molecule has 0 aliphatic carbocycles. The van der Waals surface area contributed by atoms with Gasteiger partial charge in [-0.05, 0) is 49.1 Å². The second-order valence-corrected chi connectivity index (χ2v) is 7.32. The summed E-state index contributed by atoms with van der Waals surface area (Å²) in [4.78, 5) is 22.8. The van der Waals surface area contributed by atoms with Gasteiger partial charge in [-0.3, -0.25) is 4.79 Å². The predicted octanol–water partition coefficient (Wildman–Crippen LogP) is 4.52. The van der Waals surface area contributed by atoms with Crippen molar-refractivity contribution >= 4 is 5.91 Å². The maximum Gasteiger partial charge on any atom is 0.227 e. The Morgan fingerprint density at radius 2 is 2.10 bits per heavy atom. The van der Waals surface area contributed by atoms with Gasteiger partial charge in [0.05, 0.1) is 31.5 Å². The lowest BCUT2D eigenvalue weighted by atomic mass is 10.00. The third-order valence-corrected chi connectivity index (χ3v) is 5.36. The molecule has 0 radical (unpaired) electrons. The van der Waals surface area contributed by atoms with Crippen LogP contribution >= 0.6 is 0 Å². The van der Waals surface area contributed by atoms with Crippen molar-refractivity contribution in [1.29, 1.82) is 0 Å². The van der Waals surface area contributed by atoms with E-state index >= 15 is 0 Å². The number of likely N-dealkylation sites (tertiary alicyclic amines) is 1. The molecule has 1 aliphatic rings. The molecule has 1 amide bonds. The number of benzene rings is 2. The highest BCUT2D eigenvalue weighted by Gasteiger charge is 2.30. The van der Waals surface area contributed by atoms with Gasteiger partial charge in [-0.25, -0.2) is 9.37 Å². The Hall–Kier alpha value is -3.15. The van der Waals surface area contributed by atoms with E-state index in [1.807, 2.05) is 35.2 Å². The number of imidazole rings is 1. The number of H-pyrrole nitrogens is 1. The molecule has 1 aromatic heterocycles. The van der Waals surface area contributed by atoms with Crippen molar-refractivity contribution in [3.63, 3.8) is 0 Å². The number of hydrogen-bond acceptors (Lipinski definition) is 3. The summed E-state index contributed by atoms with van der Waals surface area (Å²) >= 11 is 0. The van der Waals surface area contributed by atoms with E-state index < -0.39 is 0 Å². The van der Waals surface area contributed by atoms with Crippen LogP contribution in [0.5, 0.6) is 5.75 Å². The van der Waals surface area contributed by atoms with Gasteiger partial charge >= 0.3 is 0 Å². The molecule has 0 unspecified atom stereocenters. The number of carbonyl (C=O) groups is 1. The van der Waals surface area contributed by atoms with Crippen LogP contribution in [0.25, 0.3) is 11.3 Å². The van der Waals surface area contributed by atoms with E-state index in [-0.39, 0.29) is 17.8 Å². The topological polar surface area (TPSA) is 58.2 Å². The van der Waals surface area contributed by atoms with Crippen LogP contribution in [0.4, 0.5) is 4.39 Å². The number of aromatic amines is 1. The predicted molar refractivity (Wildman–Crippen MR) is 109 cm³/mol. The van der Waals surface area contributed by atoms with Crippen molar-refractivity contribution in [3.05, 3.63) is 71.9 Å². The Labute approximate surface area is 169 Å². The minimum Gasteiger partial charge on any atom is -0.497 e. The van der Waals surface area contributed by atoms with Gasteiger partial charge in [0.2, 0.25) is 5.91 Å². The number of nitrogens with one attached hydrogen (secondary N) is 1. The number of halogens is 1. The number of piperidine rings is 1. The summed E-state index contributed by atoms with van der Waals surface area (Å²) in [5.41, 5.74) is 2.43. The van der Waals surface area contributed by atoms with Crippen LogP contribution in [0.2, 0.25) is 0 Å². The monoisotopic (exact) mass is 393 g/mol. The molecule has 150 valence electrons. The Morgan fingerprint density at radius 3 is 2.93 bits per heavy atom. The fraction of sp³-hybridized carbons (Fsp3) is 0.304. The highest BCUT2D eigenvalue weighted by atomic mass is 19.1. The summed E-state index contributed by atoms with van der Waals surface area (Å²) in [5, 5.41) is 0. The Balaban J connectivity index is 1.54. The van der Waals surface area contributed by atoms with Gasteiger partial charge in [0.25, 0.3) is 0 Å². The average molecular weight is 393 g/mol. The minimum atomic E-state index is -0.286. The van der Waals surface area contributed by atoms with Crippen molar-refractivity contribution < 1.29 is 13.9 Å². The van der Waals surface area contributed by atoms with Gasteiger partial charge in [-0.2, -0.15) is 0 Å². The lowest BCUT2D eigenvalue weighted by Crippen LogP contribution is -2.39. The second kappa shape index (κ2) is 8.47. The Kier molecular flexibility index (Phi) is 5.60. The third kappa shape index (κ3) is 4.31. The molecule has 29 heavy (non-hydrogen) atoms. The largest absolute Gasteiger partial charge is 0.497 e.